The molecular formula is C40H42BNO2. The van der Waals surface area contributed by atoms with Gasteiger partial charge in [-0.25, -0.2) is 0 Å². The van der Waals surface area contributed by atoms with Crippen LogP contribution in [0.2, 0.25) is 0 Å². The third-order valence-electron chi connectivity index (χ3n) is 11.2. The van der Waals surface area contributed by atoms with Gasteiger partial charge in [-0.2, -0.15) is 0 Å². The van der Waals surface area contributed by atoms with Gasteiger partial charge in [0.05, 0.1) is 27.9 Å². The number of benzene rings is 5. The van der Waals surface area contributed by atoms with E-state index in [9.17, 15) is 0 Å². The van der Waals surface area contributed by atoms with Crippen LogP contribution in [0.4, 0.5) is 0 Å². The van der Waals surface area contributed by atoms with E-state index in [1.54, 1.807) is 0 Å². The third-order valence-corrected chi connectivity index (χ3v) is 11.2. The SMILES string of the molecule is CC1(C)CCC(C)(C)c2c1ccc1c2c2ccc3ccccc3c2n1-c1cccc2cc(B3OC(C)(C)C(C)(C)O3)ccc12. The zero-order valence-corrected chi connectivity index (χ0v) is 27.3. The normalized spacial score (nSPS) is 20.1. The van der Waals surface area contributed by atoms with Gasteiger partial charge in [-0.15, -0.1) is 0 Å². The number of nitrogens with zero attached hydrogens (tertiary/aromatic N) is 1. The molecule has 0 N–H and O–H groups in total. The van der Waals surface area contributed by atoms with Crippen LogP contribution in [-0.2, 0) is 20.1 Å². The summed E-state index contributed by atoms with van der Waals surface area (Å²) in [6.45, 7) is 18.2. The van der Waals surface area contributed by atoms with Gasteiger partial charge in [-0.3, -0.25) is 0 Å². The van der Waals surface area contributed by atoms with Crippen molar-refractivity contribution in [1.29, 1.82) is 0 Å². The molecule has 1 aromatic heterocycles. The number of fused-ring (bicyclic) bond motifs is 8. The van der Waals surface area contributed by atoms with Gasteiger partial charge in [0.2, 0.25) is 0 Å². The molecule has 0 atom stereocenters. The highest BCUT2D eigenvalue weighted by atomic mass is 16.7. The molecule has 6 aromatic rings. The van der Waals surface area contributed by atoms with Crippen LogP contribution in [0.5, 0.6) is 0 Å². The van der Waals surface area contributed by atoms with Crippen LogP contribution < -0.4 is 5.46 Å². The Kier molecular flexibility index (Phi) is 5.70. The molecule has 0 spiro atoms. The molecule has 0 amide bonds. The van der Waals surface area contributed by atoms with Crippen molar-refractivity contribution in [3.8, 4) is 5.69 Å². The van der Waals surface area contributed by atoms with Crippen LogP contribution in [-0.4, -0.2) is 22.9 Å². The van der Waals surface area contributed by atoms with E-state index >= 15 is 0 Å². The molecule has 0 saturated carbocycles. The molecular weight excluding hydrogens is 537 g/mol. The van der Waals surface area contributed by atoms with Crippen LogP contribution in [0.25, 0.3) is 49.0 Å². The summed E-state index contributed by atoms with van der Waals surface area (Å²) < 4.78 is 15.4. The van der Waals surface area contributed by atoms with E-state index in [1.165, 1.54) is 73.0 Å². The fourth-order valence-corrected chi connectivity index (χ4v) is 7.88. The lowest BCUT2D eigenvalue weighted by Crippen LogP contribution is -2.41. The van der Waals surface area contributed by atoms with E-state index < -0.39 is 0 Å². The van der Waals surface area contributed by atoms with Crippen LogP contribution in [0, 0.1) is 0 Å². The first-order valence-corrected chi connectivity index (χ1v) is 16.2. The Morgan fingerprint density at radius 1 is 0.614 bits per heavy atom. The molecule has 8 rings (SSSR count). The molecule has 1 saturated heterocycles. The number of hydrogen-bond donors (Lipinski definition) is 0. The second-order valence-corrected chi connectivity index (χ2v) is 15.5. The van der Waals surface area contributed by atoms with Crippen molar-refractivity contribution in [2.24, 2.45) is 0 Å². The molecule has 2 aliphatic rings. The van der Waals surface area contributed by atoms with Crippen LogP contribution in [0.15, 0.2) is 84.9 Å². The lowest BCUT2D eigenvalue weighted by molar-refractivity contribution is 0.00578. The summed E-state index contributed by atoms with van der Waals surface area (Å²) in [5.41, 5.74) is 7.33. The molecule has 0 bridgehead atoms. The summed E-state index contributed by atoms with van der Waals surface area (Å²) in [4.78, 5) is 0. The standard InChI is InChI=1S/C40H42BNO2/c1-37(2)22-23-38(3,4)35-31(37)20-21-33-34(35)30-18-16-25-12-9-10-14-29(25)36(30)42(33)32-15-11-13-26-24-27(17-19-28(26)32)41-43-39(5,6)40(7,8)44-41/h9-21,24H,22-23H2,1-8H3. The molecule has 1 fully saturated rings. The zero-order chi connectivity index (χ0) is 30.8. The third kappa shape index (κ3) is 3.83. The van der Waals surface area contributed by atoms with Gasteiger partial charge in [0.15, 0.2) is 0 Å². The highest BCUT2D eigenvalue weighted by Crippen LogP contribution is 2.51. The molecule has 1 aliphatic heterocycles. The number of rotatable bonds is 2. The van der Waals surface area contributed by atoms with Crippen LogP contribution >= 0.6 is 0 Å². The molecule has 1 aliphatic carbocycles. The molecule has 0 unspecified atom stereocenters. The summed E-state index contributed by atoms with van der Waals surface area (Å²) in [5, 5.41) is 7.70. The molecule has 2 heterocycles. The molecule has 3 nitrogen and oxygen atoms in total. The van der Waals surface area contributed by atoms with Crippen molar-refractivity contribution in [2.45, 2.75) is 90.3 Å². The fourth-order valence-electron chi connectivity index (χ4n) is 7.88. The number of hydrogen-bond acceptors (Lipinski definition) is 2. The van der Waals surface area contributed by atoms with Gasteiger partial charge in [0.1, 0.15) is 0 Å². The average Bonchev–Trinajstić information content (AvgIpc) is 3.44. The molecule has 222 valence electrons. The van der Waals surface area contributed by atoms with Crippen molar-refractivity contribution in [1.82, 2.24) is 4.57 Å². The van der Waals surface area contributed by atoms with Crippen molar-refractivity contribution in [3.63, 3.8) is 0 Å². The first kappa shape index (κ1) is 27.9. The van der Waals surface area contributed by atoms with Gasteiger partial charge >= 0.3 is 7.12 Å². The Bertz CT molecular complexity index is 2130. The highest BCUT2D eigenvalue weighted by molar-refractivity contribution is 6.62. The lowest BCUT2D eigenvalue weighted by Gasteiger charge is -2.42. The Labute approximate surface area is 261 Å². The minimum absolute atomic E-state index is 0.0889. The quantitative estimate of drug-likeness (QED) is 0.191. The first-order chi connectivity index (χ1) is 20.8. The molecule has 0 radical (unpaired) electrons. The van der Waals surface area contributed by atoms with Crippen molar-refractivity contribution >= 4 is 55.9 Å². The van der Waals surface area contributed by atoms with Gasteiger partial charge in [0, 0.05) is 21.5 Å². The van der Waals surface area contributed by atoms with Crippen molar-refractivity contribution in [3.05, 3.63) is 96.1 Å². The summed E-state index contributed by atoms with van der Waals surface area (Å²) in [7, 11) is -0.387. The van der Waals surface area contributed by atoms with Gasteiger partial charge < -0.3 is 13.9 Å². The van der Waals surface area contributed by atoms with E-state index in [0.717, 1.165) is 5.46 Å². The van der Waals surface area contributed by atoms with E-state index in [-0.39, 0.29) is 29.2 Å². The molecule has 5 aromatic carbocycles. The predicted molar refractivity (Wildman–Crippen MR) is 187 cm³/mol. The predicted octanol–water partition coefficient (Wildman–Crippen LogP) is 9.74. The summed E-state index contributed by atoms with van der Waals surface area (Å²) in [5.74, 6) is 0. The monoisotopic (exact) mass is 579 g/mol. The Morgan fingerprint density at radius 3 is 2.07 bits per heavy atom. The maximum atomic E-state index is 6.43. The summed E-state index contributed by atoms with van der Waals surface area (Å²) in [6.07, 6.45) is 2.39. The minimum atomic E-state index is -0.387. The molecule has 44 heavy (non-hydrogen) atoms. The summed E-state index contributed by atoms with van der Waals surface area (Å²) in [6, 6.07) is 31.7. The average molecular weight is 580 g/mol. The number of aromatic nitrogens is 1. The lowest BCUT2D eigenvalue weighted by atomic mass is 9.62. The zero-order valence-electron chi connectivity index (χ0n) is 27.3. The smallest absolute Gasteiger partial charge is 0.399 e. The Morgan fingerprint density at radius 2 is 1.30 bits per heavy atom. The van der Waals surface area contributed by atoms with Crippen molar-refractivity contribution in [2.75, 3.05) is 0 Å². The fraction of sp³-hybridized carbons (Fsp3) is 0.350. The van der Waals surface area contributed by atoms with Crippen molar-refractivity contribution < 1.29 is 9.31 Å². The second kappa shape index (κ2) is 8.99. The van der Waals surface area contributed by atoms with Crippen LogP contribution in [0.1, 0.15) is 79.4 Å². The topological polar surface area (TPSA) is 23.4 Å². The maximum absolute atomic E-state index is 6.43. The van der Waals surface area contributed by atoms with E-state index in [1.807, 2.05) is 0 Å². The molecule has 4 heteroatoms. The van der Waals surface area contributed by atoms with Gasteiger partial charge in [-0.1, -0.05) is 100 Å². The maximum Gasteiger partial charge on any atom is 0.494 e. The summed E-state index contributed by atoms with van der Waals surface area (Å²) >= 11 is 0. The Balaban J connectivity index is 1.44. The largest absolute Gasteiger partial charge is 0.494 e. The Hall–Kier alpha value is -3.60. The van der Waals surface area contributed by atoms with Crippen LogP contribution in [0.3, 0.4) is 0 Å². The minimum Gasteiger partial charge on any atom is -0.399 e. The van der Waals surface area contributed by atoms with E-state index in [0.29, 0.717) is 0 Å². The van der Waals surface area contributed by atoms with Gasteiger partial charge in [-0.05, 0) is 90.9 Å². The van der Waals surface area contributed by atoms with E-state index in [2.05, 4.69) is 145 Å². The van der Waals surface area contributed by atoms with E-state index in [4.69, 9.17) is 9.31 Å². The first-order valence-electron chi connectivity index (χ1n) is 16.2. The van der Waals surface area contributed by atoms with Gasteiger partial charge in [0.25, 0.3) is 0 Å². The highest BCUT2D eigenvalue weighted by Gasteiger charge is 2.51. The second-order valence-electron chi connectivity index (χ2n) is 15.5.